The lowest BCUT2D eigenvalue weighted by Gasteiger charge is -2.36. The average Bonchev–Trinajstić information content (AvgIpc) is 2.20. The summed E-state index contributed by atoms with van der Waals surface area (Å²) >= 11 is 12.3. The number of hydrogen-bond acceptors (Lipinski definition) is 1. The van der Waals surface area contributed by atoms with Crippen LogP contribution in [0.2, 0.25) is 0 Å². The van der Waals surface area contributed by atoms with Gasteiger partial charge in [-0.3, -0.25) is 4.67 Å². The first-order valence-electron chi connectivity index (χ1n) is 5.67. The molecule has 4 heteroatoms. The lowest BCUT2D eigenvalue weighted by Crippen LogP contribution is -2.25. The van der Waals surface area contributed by atoms with E-state index in [1.807, 2.05) is 0 Å². The Bertz CT molecular complexity index is 212. The fraction of sp³-hybridized carbons (Fsp3) is 1.00. The highest BCUT2D eigenvalue weighted by molar-refractivity contribution is 8.26. The van der Waals surface area contributed by atoms with Gasteiger partial charge in [0.15, 0.2) is 0 Å². The molecule has 0 aromatic carbocycles. The second-order valence-electron chi connectivity index (χ2n) is 3.98. The minimum atomic E-state index is -1.74. The smallest absolute Gasteiger partial charge is 0.102 e. The number of hydrogen-bond donors (Lipinski definition) is 0. The zero-order valence-corrected chi connectivity index (χ0v) is 11.7. The van der Waals surface area contributed by atoms with Gasteiger partial charge in [-0.05, 0) is 12.8 Å². The average molecular weight is 254 g/mol. The molecule has 1 unspecified atom stereocenters. The molecule has 1 rings (SSSR count). The fourth-order valence-electron chi connectivity index (χ4n) is 2.24. The largest absolute Gasteiger partial charge is 0.264 e. The maximum Gasteiger partial charge on any atom is 0.102 e. The predicted molar refractivity (Wildman–Crippen MR) is 69.9 cm³/mol. The van der Waals surface area contributed by atoms with Crippen molar-refractivity contribution >= 4 is 28.6 Å². The van der Waals surface area contributed by atoms with Crippen molar-refractivity contribution in [3.63, 3.8) is 0 Å². The van der Waals surface area contributed by atoms with Crippen molar-refractivity contribution in [2.75, 3.05) is 13.1 Å². The van der Waals surface area contributed by atoms with Gasteiger partial charge in [-0.1, -0.05) is 56.2 Å². The standard InChI is InChI=1S/C10H21ClNPS/c1-3-12(4-2)13(11,14)10-8-6-5-7-9-10/h10H,3-9H2,1-2H3. The van der Waals surface area contributed by atoms with Crippen molar-refractivity contribution in [1.29, 1.82) is 0 Å². The molecule has 0 aromatic rings. The molecule has 0 aliphatic heterocycles. The van der Waals surface area contributed by atoms with Gasteiger partial charge >= 0.3 is 0 Å². The van der Waals surface area contributed by atoms with Crippen LogP contribution in [-0.4, -0.2) is 23.4 Å². The van der Waals surface area contributed by atoms with E-state index in [1.54, 1.807) is 0 Å². The lowest BCUT2D eigenvalue weighted by molar-refractivity contribution is 0.467. The van der Waals surface area contributed by atoms with Crippen LogP contribution in [-0.2, 0) is 11.8 Å². The zero-order chi connectivity index (χ0) is 10.6. The van der Waals surface area contributed by atoms with Crippen molar-refractivity contribution in [2.45, 2.75) is 51.6 Å². The summed E-state index contributed by atoms with van der Waals surface area (Å²) in [6, 6.07) is 0. The lowest BCUT2D eigenvalue weighted by atomic mass is 10.0. The molecule has 0 aromatic heterocycles. The number of nitrogens with zero attached hydrogens (tertiary/aromatic N) is 1. The third-order valence-electron chi connectivity index (χ3n) is 3.14. The zero-order valence-electron chi connectivity index (χ0n) is 9.21. The first-order valence-corrected chi connectivity index (χ1v) is 9.40. The SMILES string of the molecule is CCN(CC)P(=S)(Cl)C1CCCCC1. The monoisotopic (exact) mass is 253 g/mol. The van der Waals surface area contributed by atoms with E-state index in [-0.39, 0.29) is 0 Å². The van der Waals surface area contributed by atoms with Gasteiger partial charge < -0.3 is 0 Å². The Kier molecular flexibility index (Phi) is 5.41. The number of rotatable bonds is 4. The summed E-state index contributed by atoms with van der Waals surface area (Å²) in [6.07, 6.45) is 6.56. The molecule has 0 saturated heterocycles. The molecule has 0 spiro atoms. The fourth-order valence-corrected chi connectivity index (χ4v) is 7.03. The Balaban J connectivity index is 2.65. The summed E-state index contributed by atoms with van der Waals surface area (Å²) in [5.41, 5.74) is -1.12. The molecule has 0 heterocycles. The highest BCUT2D eigenvalue weighted by Gasteiger charge is 2.31. The molecule has 0 N–H and O–H groups in total. The van der Waals surface area contributed by atoms with E-state index in [4.69, 9.17) is 23.0 Å². The molecule has 1 aliphatic carbocycles. The molecule has 1 fully saturated rings. The highest BCUT2D eigenvalue weighted by Crippen LogP contribution is 2.62. The molecular formula is C10H21ClNPS. The summed E-state index contributed by atoms with van der Waals surface area (Å²) < 4.78 is 2.32. The Morgan fingerprint density at radius 1 is 1.21 bits per heavy atom. The second-order valence-corrected chi connectivity index (χ2v) is 10.2. The summed E-state index contributed by atoms with van der Waals surface area (Å²) in [7, 11) is 0. The molecule has 14 heavy (non-hydrogen) atoms. The van der Waals surface area contributed by atoms with Crippen LogP contribution in [0, 0.1) is 0 Å². The van der Waals surface area contributed by atoms with Crippen molar-refractivity contribution in [2.24, 2.45) is 0 Å². The van der Waals surface area contributed by atoms with Gasteiger partial charge in [-0.15, -0.1) is 0 Å². The van der Waals surface area contributed by atoms with E-state index in [1.165, 1.54) is 32.1 Å². The van der Waals surface area contributed by atoms with Crippen LogP contribution in [0.1, 0.15) is 46.0 Å². The van der Waals surface area contributed by atoms with Crippen LogP contribution in [0.25, 0.3) is 0 Å². The molecule has 1 nitrogen and oxygen atoms in total. The van der Waals surface area contributed by atoms with Gasteiger partial charge in [0, 0.05) is 18.7 Å². The molecule has 1 aliphatic rings. The van der Waals surface area contributed by atoms with Crippen molar-refractivity contribution in [3.05, 3.63) is 0 Å². The van der Waals surface area contributed by atoms with Crippen molar-refractivity contribution in [1.82, 2.24) is 4.67 Å². The van der Waals surface area contributed by atoms with Gasteiger partial charge in [-0.25, -0.2) is 0 Å². The van der Waals surface area contributed by atoms with E-state index in [9.17, 15) is 0 Å². The van der Waals surface area contributed by atoms with E-state index < -0.39 is 5.54 Å². The minimum Gasteiger partial charge on any atom is -0.264 e. The third kappa shape index (κ3) is 2.95. The first-order chi connectivity index (χ1) is 6.62. The Morgan fingerprint density at radius 3 is 2.14 bits per heavy atom. The van der Waals surface area contributed by atoms with Gasteiger partial charge in [0.1, 0.15) is 5.54 Å². The Labute approximate surface area is 98.0 Å². The van der Waals surface area contributed by atoms with Gasteiger partial charge in [-0.2, -0.15) is 0 Å². The molecular weight excluding hydrogens is 233 g/mol. The molecule has 1 atom stereocenters. The molecule has 0 radical (unpaired) electrons. The van der Waals surface area contributed by atoms with Crippen molar-refractivity contribution < 1.29 is 0 Å². The second kappa shape index (κ2) is 5.84. The number of halogens is 1. The molecule has 84 valence electrons. The third-order valence-corrected chi connectivity index (χ3v) is 8.95. The van der Waals surface area contributed by atoms with Crippen LogP contribution in [0.4, 0.5) is 0 Å². The predicted octanol–water partition coefficient (Wildman–Crippen LogP) is 4.21. The van der Waals surface area contributed by atoms with Crippen LogP contribution in [0.5, 0.6) is 0 Å². The summed E-state index contributed by atoms with van der Waals surface area (Å²) in [6.45, 7) is 6.34. The highest BCUT2D eigenvalue weighted by atomic mass is 35.7. The van der Waals surface area contributed by atoms with Crippen LogP contribution >= 0.6 is 16.8 Å². The molecule has 0 amide bonds. The minimum absolute atomic E-state index is 0.618. The maximum atomic E-state index is 6.63. The van der Waals surface area contributed by atoms with E-state index in [2.05, 4.69) is 18.5 Å². The quantitative estimate of drug-likeness (QED) is 0.691. The summed E-state index contributed by atoms with van der Waals surface area (Å²) in [5.74, 6) is 0. The van der Waals surface area contributed by atoms with Crippen LogP contribution < -0.4 is 0 Å². The molecule has 1 saturated carbocycles. The molecule has 0 bridgehead atoms. The van der Waals surface area contributed by atoms with Gasteiger partial charge in [0.05, 0.1) is 0 Å². The normalized spacial score (nSPS) is 23.7. The summed E-state index contributed by atoms with van der Waals surface area (Å²) in [5, 5.41) is 0. The van der Waals surface area contributed by atoms with E-state index in [0.29, 0.717) is 5.66 Å². The van der Waals surface area contributed by atoms with E-state index in [0.717, 1.165) is 13.1 Å². The first kappa shape index (κ1) is 13.0. The maximum absolute atomic E-state index is 6.63. The van der Waals surface area contributed by atoms with E-state index >= 15 is 0 Å². The Hall–Kier alpha value is 0.900. The van der Waals surface area contributed by atoms with Crippen LogP contribution in [0.15, 0.2) is 0 Å². The topological polar surface area (TPSA) is 3.24 Å². The van der Waals surface area contributed by atoms with Gasteiger partial charge in [0.2, 0.25) is 0 Å². The van der Waals surface area contributed by atoms with Crippen LogP contribution in [0.3, 0.4) is 0 Å². The summed E-state index contributed by atoms with van der Waals surface area (Å²) in [4.78, 5) is 0. The van der Waals surface area contributed by atoms with Gasteiger partial charge in [0.25, 0.3) is 0 Å². The Morgan fingerprint density at radius 2 is 1.71 bits per heavy atom. The van der Waals surface area contributed by atoms with Crippen molar-refractivity contribution in [3.8, 4) is 0 Å².